The number of hydrogen-bond donors (Lipinski definition) is 2. The monoisotopic (exact) mass is 385 g/mol. The third-order valence-electron chi connectivity index (χ3n) is 5.78. The molecule has 2 amide bonds. The van der Waals surface area contributed by atoms with Crippen LogP contribution in [0.25, 0.3) is 0 Å². The molecule has 142 valence electrons. The summed E-state index contributed by atoms with van der Waals surface area (Å²) in [5.41, 5.74) is 1.34. The molecule has 1 aliphatic carbocycles. The number of likely N-dealkylation sites (tertiary alicyclic amines) is 1. The van der Waals surface area contributed by atoms with Gasteiger partial charge < -0.3 is 15.2 Å². The van der Waals surface area contributed by atoms with Gasteiger partial charge in [-0.05, 0) is 55.4 Å². The molecule has 1 aliphatic heterocycles. The van der Waals surface area contributed by atoms with Crippen molar-refractivity contribution in [2.75, 3.05) is 19.6 Å². The highest BCUT2D eigenvalue weighted by atomic mass is 35.5. The van der Waals surface area contributed by atoms with Gasteiger partial charge in [-0.25, -0.2) is 0 Å². The lowest BCUT2D eigenvalue weighted by Gasteiger charge is -2.33. The van der Waals surface area contributed by atoms with E-state index in [2.05, 4.69) is 10.3 Å². The highest BCUT2D eigenvalue weighted by molar-refractivity contribution is 6.30. The van der Waals surface area contributed by atoms with E-state index in [-0.39, 0.29) is 17.2 Å². The number of amides is 2. The number of nitrogens with zero attached hydrogens (tertiary/aromatic N) is 1. The van der Waals surface area contributed by atoms with Crippen LogP contribution < -0.4 is 5.32 Å². The number of carbonyl (C=O) groups is 2. The van der Waals surface area contributed by atoms with E-state index >= 15 is 0 Å². The predicted molar refractivity (Wildman–Crippen MR) is 105 cm³/mol. The van der Waals surface area contributed by atoms with Gasteiger partial charge in [0.1, 0.15) is 0 Å². The minimum atomic E-state index is -0.389. The molecule has 4 rings (SSSR count). The minimum Gasteiger partial charge on any atom is -0.367 e. The third-order valence-corrected chi connectivity index (χ3v) is 6.04. The highest BCUT2D eigenvalue weighted by Gasteiger charge is 2.51. The summed E-state index contributed by atoms with van der Waals surface area (Å²) < 4.78 is 0. The first kappa shape index (κ1) is 18.1. The summed E-state index contributed by atoms with van der Waals surface area (Å²) >= 11 is 5.97. The van der Waals surface area contributed by atoms with Gasteiger partial charge in [-0.2, -0.15) is 0 Å². The Morgan fingerprint density at radius 1 is 1.22 bits per heavy atom. The summed E-state index contributed by atoms with van der Waals surface area (Å²) in [7, 11) is 0. The zero-order valence-electron chi connectivity index (χ0n) is 15.2. The SMILES string of the molecule is O=C(c1cc[nH]c1)N1CCC[C@H](CNC(=O)C2(c3ccc(Cl)cc3)CC2)C1. The Morgan fingerprint density at radius 3 is 2.67 bits per heavy atom. The van der Waals surface area contributed by atoms with Crippen LogP contribution in [0, 0.1) is 5.92 Å². The molecule has 27 heavy (non-hydrogen) atoms. The van der Waals surface area contributed by atoms with Crippen molar-refractivity contribution >= 4 is 23.4 Å². The molecule has 5 nitrogen and oxygen atoms in total. The fourth-order valence-electron chi connectivity index (χ4n) is 4.00. The van der Waals surface area contributed by atoms with Crippen LogP contribution in [0.3, 0.4) is 0 Å². The van der Waals surface area contributed by atoms with Crippen molar-refractivity contribution in [1.82, 2.24) is 15.2 Å². The highest BCUT2D eigenvalue weighted by Crippen LogP contribution is 2.48. The first-order valence-corrected chi connectivity index (χ1v) is 9.93. The minimum absolute atomic E-state index is 0.0621. The Hall–Kier alpha value is -2.27. The largest absolute Gasteiger partial charge is 0.367 e. The Balaban J connectivity index is 1.34. The maximum atomic E-state index is 12.8. The smallest absolute Gasteiger partial charge is 0.255 e. The van der Waals surface area contributed by atoms with Gasteiger partial charge in [0.25, 0.3) is 5.91 Å². The lowest BCUT2D eigenvalue weighted by molar-refractivity contribution is -0.123. The molecular formula is C21H24ClN3O2. The van der Waals surface area contributed by atoms with Gasteiger partial charge in [0, 0.05) is 37.1 Å². The molecule has 0 radical (unpaired) electrons. The van der Waals surface area contributed by atoms with Crippen molar-refractivity contribution in [3.8, 4) is 0 Å². The molecule has 2 fully saturated rings. The number of hydrogen-bond acceptors (Lipinski definition) is 2. The van der Waals surface area contributed by atoms with E-state index in [9.17, 15) is 9.59 Å². The second-order valence-electron chi connectivity index (χ2n) is 7.66. The van der Waals surface area contributed by atoms with E-state index in [1.54, 1.807) is 18.5 Å². The zero-order chi connectivity index (χ0) is 18.9. The fourth-order valence-corrected chi connectivity index (χ4v) is 4.13. The fraction of sp³-hybridized carbons (Fsp3) is 0.429. The lowest BCUT2D eigenvalue weighted by Crippen LogP contribution is -2.45. The number of rotatable bonds is 5. The van der Waals surface area contributed by atoms with E-state index < -0.39 is 0 Å². The molecule has 6 heteroatoms. The number of benzene rings is 1. The van der Waals surface area contributed by atoms with Crippen LogP contribution in [0.1, 0.15) is 41.6 Å². The van der Waals surface area contributed by atoms with Crippen LogP contribution in [0.15, 0.2) is 42.7 Å². The average molecular weight is 386 g/mol. The molecule has 2 heterocycles. The molecule has 2 aliphatic rings. The topological polar surface area (TPSA) is 65.2 Å². The molecule has 2 aromatic rings. The number of piperidine rings is 1. The van der Waals surface area contributed by atoms with Gasteiger partial charge in [-0.1, -0.05) is 23.7 Å². The van der Waals surface area contributed by atoms with E-state index in [1.807, 2.05) is 29.2 Å². The lowest BCUT2D eigenvalue weighted by atomic mass is 9.93. The van der Waals surface area contributed by atoms with E-state index in [0.717, 1.165) is 37.8 Å². The maximum Gasteiger partial charge on any atom is 0.255 e. The Morgan fingerprint density at radius 2 is 2.00 bits per heavy atom. The summed E-state index contributed by atoms with van der Waals surface area (Å²) in [5, 5.41) is 3.83. The second kappa shape index (κ2) is 7.39. The number of nitrogens with one attached hydrogen (secondary N) is 2. The molecule has 2 N–H and O–H groups in total. The number of H-pyrrole nitrogens is 1. The quantitative estimate of drug-likeness (QED) is 0.828. The van der Waals surface area contributed by atoms with E-state index in [4.69, 9.17) is 11.6 Å². The van der Waals surface area contributed by atoms with Crippen LogP contribution >= 0.6 is 11.6 Å². The van der Waals surface area contributed by atoms with Crippen molar-refractivity contribution in [3.63, 3.8) is 0 Å². The standard InChI is InChI=1S/C21H24ClN3O2/c22-18-5-3-17(4-6-18)21(8-9-21)20(27)24-12-15-2-1-11-25(14-15)19(26)16-7-10-23-13-16/h3-7,10,13,15,23H,1-2,8-9,11-12,14H2,(H,24,27)/t15-/m1/s1. The van der Waals surface area contributed by atoms with E-state index in [1.165, 1.54) is 0 Å². The Labute approximate surface area is 164 Å². The summed E-state index contributed by atoms with van der Waals surface area (Å²) in [6, 6.07) is 9.39. The summed E-state index contributed by atoms with van der Waals surface area (Å²) in [6.45, 7) is 2.09. The van der Waals surface area contributed by atoms with Crippen molar-refractivity contribution < 1.29 is 9.59 Å². The summed E-state index contributed by atoms with van der Waals surface area (Å²) in [6.07, 6.45) is 7.26. The number of carbonyl (C=O) groups excluding carboxylic acids is 2. The van der Waals surface area contributed by atoms with Crippen molar-refractivity contribution in [2.45, 2.75) is 31.1 Å². The Kier molecular flexibility index (Phi) is 4.96. The van der Waals surface area contributed by atoms with Crippen LogP contribution in [0.2, 0.25) is 5.02 Å². The average Bonchev–Trinajstić information content (AvgIpc) is 3.32. The molecule has 1 saturated heterocycles. The first-order chi connectivity index (χ1) is 13.1. The van der Waals surface area contributed by atoms with E-state index in [0.29, 0.717) is 29.6 Å². The maximum absolute atomic E-state index is 12.8. The molecule has 1 saturated carbocycles. The molecule has 1 atom stereocenters. The molecule has 0 unspecified atom stereocenters. The van der Waals surface area contributed by atoms with Crippen LogP contribution in [-0.4, -0.2) is 41.3 Å². The number of aromatic amines is 1. The molecule has 0 bridgehead atoms. The molecule has 0 spiro atoms. The van der Waals surface area contributed by atoms with Crippen molar-refractivity contribution in [2.24, 2.45) is 5.92 Å². The number of aromatic nitrogens is 1. The van der Waals surface area contributed by atoms with Crippen LogP contribution in [0.5, 0.6) is 0 Å². The van der Waals surface area contributed by atoms with Gasteiger partial charge in [0.2, 0.25) is 5.91 Å². The molecule has 1 aromatic carbocycles. The summed E-state index contributed by atoms with van der Waals surface area (Å²) in [4.78, 5) is 30.2. The summed E-state index contributed by atoms with van der Waals surface area (Å²) in [5.74, 6) is 0.456. The Bertz CT molecular complexity index is 812. The first-order valence-electron chi connectivity index (χ1n) is 9.55. The number of halogens is 1. The van der Waals surface area contributed by atoms with Crippen LogP contribution in [-0.2, 0) is 10.2 Å². The van der Waals surface area contributed by atoms with Gasteiger partial charge in [0.05, 0.1) is 11.0 Å². The molecular weight excluding hydrogens is 362 g/mol. The van der Waals surface area contributed by atoms with Crippen molar-refractivity contribution in [3.05, 3.63) is 58.9 Å². The third kappa shape index (κ3) is 3.74. The van der Waals surface area contributed by atoms with Gasteiger partial charge in [-0.3, -0.25) is 9.59 Å². The van der Waals surface area contributed by atoms with Gasteiger partial charge in [0.15, 0.2) is 0 Å². The predicted octanol–water partition coefficient (Wildman–Crippen LogP) is 3.37. The van der Waals surface area contributed by atoms with Crippen LogP contribution in [0.4, 0.5) is 0 Å². The normalized spacial score (nSPS) is 20.9. The van der Waals surface area contributed by atoms with Gasteiger partial charge >= 0.3 is 0 Å². The van der Waals surface area contributed by atoms with Crippen molar-refractivity contribution in [1.29, 1.82) is 0 Å². The van der Waals surface area contributed by atoms with Gasteiger partial charge in [-0.15, -0.1) is 0 Å². The second-order valence-corrected chi connectivity index (χ2v) is 8.09. The zero-order valence-corrected chi connectivity index (χ0v) is 16.0. The molecule has 1 aromatic heterocycles.